The van der Waals surface area contributed by atoms with E-state index in [2.05, 4.69) is 30.9 Å². The summed E-state index contributed by atoms with van der Waals surface area (Å²) >= 11 is 3.17. The number of nitrogens with zero attached hydrogens (tertiary/aromatic N) is 3. The van der Waals surface area contributed by atoms with E-state index in [0.717, 1.165) is 0 Å². The van der Waals surface area contributed by atoms with Crippen LogP contribution in [0.15, 0.2) is 11.1 Å². The van der Waals surface area contributed by atoms with Gasteiger partial charge in [-0.05, 0) is 15.9 Å². The molecule has 0 amide bonds. The second-order valence-electron chi connectivity index (χ2n) is 4.46. The normalized spacial score (nSPS) is 30.2. The molecule has 5 N–H and O–H groups in total. The van der Waals surface area contributed by atoms with Gasteiger partial charge in [0.1, 0.15) is 30.2 Å². The van der Waals surface area contributed by atoms with Crippen molar-refractivity contribution < 1.29 is 20.1 Å². The zero-order valence-electron chi connectivity index (χ0n) is 10.1. The molecule has 1 aliphatic heterocycles. The highest BCUT2D eigenvalue weighted by Gasteiger charge is 2.43. The van der Waals surface area contributed by atoms with E-state index in [1.54, 1.807) is 0 Å². The molecular weight excluding hydrogens is 334 g/mol. The highest BCUT2D eigenvalue weighted by atomic mass is 79.9. The molecule has 1 fully saturated rings. The SMILES string of the molecule is N=c1ncn(C2OC(CO)C(O)C2O)c2nc(Br)[nH]c12. The smallest absolute Gasteiger partial charge is 0.177 e. The molecule has 1 saturated heterocycles. The average Bonchev–Trinajstić information content (AvgIpc) is 2.94. The monoisotopic (exact) mass is 345 g/mol. The third kappa shape index (κ3) is 1.96. The summed E-state index contributed by atoms with van der Waals surface area (Å²) in [5.41, 5.74) is 0.727. The minimum absolute atomic E-state index is 0.00110. The number of hydrogen-bond acceptors (Lipinski definition) is 7. The van der Waals surface area contributed by atoms with Crippen molar-refractivity contribution >= 4 is 27.1 Å². The Morgan fingerprint density at radius 1 is 1.45 bits per heavy atom. The Morgan fingerprint density at radius 3 is 2.85 bits per heavy atom. The number of hydrogen-bond donors (Lipinski definition) is 5. The maximum Gasteiger partial charge on any atom is 0.177 e. The van der Waals surface area contributed by atoms with Crippen LogP contribution in [-0.2, 0) is 4.74 Å². The molecule has 2 aromatic rings. The van der Waals surface area contributed by atoms with Crippen molar-refractivity contribution in [1.82, 2.24) is 19.5 Å². The fourth-order valence-electron chi connectivity index (χ4n) is 2.22. The first-order chi connectivity index (χ1) is 9.52. The Morgan fingerprint density at radius 2 is 2.20 bits per heavy atom. The standard InChI is InChI=1S/C10H12BrN5O4/c11-10-14-4-7(12)13-2-16(8(4)15-10)9-6(19)5(18)3(1-17)20-9/h2-3,5-6,9,12,17-19H,1H2,(H,14,15). The van der Waals surface area contributed by atoms with Crippen LogP contribution in [0.4, 0.5) is 0 Å². The lowest BCUT2D eigenvalue weighted by Gasteiger charge is -2.18. The lowest BCUT2D eigenvalue weighted by molar-refractivity contribution is -0.0515. The fourth-order valence-corrected chi connectivity index (χ4v) is 2.59. The van der Waals surface area contributed by atoms with Gasteiger partial charge in [-0.25, -0.2) is 9.97 Å². The highest BCUT2D eigenvalue weighted by molar-refractivity contribution is 9.10. The van der Waals surface area contributed by atoms with E-state index < -0.39 is 31.1 Å². The summed E-state index contributed by atoms with van der Waals surface area (Å²) in [7, 11) is 0. The van der Waals surface area contributed by atoms with Crippen molar-refractivity contribution in [2.75, 3.05) is 6.61 Å². The Kier molecular flexibility index (Phi) is 3.34. The summed E-state index contributed by atoms with van der Waals surface area (Å²) in [4.78, 5) is 10.9. The molecule has 0 aliphatic carbocycles. The summed E-state index contributed by atoms with van der Waals surface area (Å²) in [5, 5.41) is 36.6. The highest BCUT2D eigenvalue weighted by Crippen LogP contribution is 2.30. The minimum Gasteiger partial charge on any atom is -0.394 e. The van der Waals surface area contributed by atoms with Gasteiger partial charge in [0.25, 0.3) is 0 Å². The molecule has 0 spiro atoms. The van der Waals surface area contributed by atoms with Gasteiger partial charge in [0.2, 0.25) is 0 Å². The zero-order valence-corrected chi connectivity index (χ0v) is 11.6. The Balaban J connectivity index is 2.11. The molecule has 2 aromatic heterocycles. The van der Waals surface area contributed by atoms with Crippen molar-refractivity contribution in [3.05, 3.63) is 16.5 Å². The molecule has 3 rings (SSSR count). The van der Waals surface area contributed by atoms with Gasteiger partial charge in [-0.1, -0.05) is 0 Å². The van der Waals surface area contributed by atoms with E-state index in [9.17, 15) is 10.2 Å². The number of aromatic amines is 1. The molecule has 0 bridgehead atoms. The molecule has 10 heteroatoms. The summed E-state index contributed by atoms with van der Waals surface area (Å²) in [5.74, 6) is 0. The van der Waals surface area contributed by atoms with Crippen LogP contribution in [-0.4, -0.2) is 59.8 Å². The van der Waals surface area contributed by atoms with Crippen LogP contribution >= 0.6 is 15.9 Å². The van der Waals surface area contributed by atoms with Gasteiger partial charge in [-0.2, -0.15) is 0 Å². The van der Waals surface area contributed by atoms with Gasteiger partial charge in [0, 0.05) is 0 Å². The van der Waals surface area contributed by atoms with Crippen molar-refractivity contribution in [3.8, 4) is 0 Å². The number of halogens is 1. The molecule has 20 heavy (non-hydrogen) atoms. The maximum absolute atomic E-state index is 10.0. The van der Waals surface area contributed by atoms with E-state index in [1.165, 1.54) is 10.9 Å². The van der Waals surface area contributed by atoms with Gasteiger partial charge in [0.05, 0.1) is 6.61 Å². The number of imidazole rings is 1. The predicted molar refractivity (Wildman–Crippen MR) is 68.4 cm³/mol. The number of fused-ring (bicyclic) bond motifs is 1. The number of aliphatic hydroxyl groups is 3. The van der Waals surface area contributed by atoms with Crippen LogP contribution in [0.5, 0.6) is 0 Å². The number of rotatable bonds is 2. The number of aromatic nitrogens is 4. The minimum atomic E-state index is -1.23. The van der Waals surface area contributed by atoms with Gasteiger partial charge < -0.3 is 25.0 Å². The van der Waals surface area contributed by atoms with Crippen molar-refractivity contribution in [2.24, 2.45) is 0 Å². The summed E-state index contributed by atoms with van der Waals surface area (Å²) < 4.78 is 7.25. The fraction of sp³-hybridized carbons (Fsp3) is 0.500. The Bertz CT molecular complexity index is 701. The quantitative estimate of drug-likeness (QED) is 0.424. The van der Waals surface area contributed by atoms with Crippen LogP contribution in [0.2, 0.25) is 0 Å². The first-order valence-corrected chi connectivity index (χ1v) is 6.61. The molecule has 1 aliphatic rings. The third-order valence-electron chi connectivity index (χ3n) is 3.24. The van der Waals surface area contributed by atoms with Gasteiger partial charge in [-0.3, -0.25) is 9.98 Å². The first kappa shape index (κ1) is 13.6. The molecule has 4 atom stereocenters. The number of nitrogens with one attached hydrogen (secondary N) is 2. The lowest BCUT2D eigenvalue weighted by Crippen LogP contribution is -2.33. The Hall–Kier alpha value is -1.33. The molecule has 108 valence electrons. The van der Waals surface area contributed by atoms with Crippen molar-refractivity contribution in [1.29, 1.82) is 5.41 Å². The zero-order chi connectivity index (χ0) is 14.4. The van der Waals surface area contributed by atoms with Gasteiger partial charge in [-0.15, -0.1) is 0 Å². The van der Waals surface area contributed by atoms with Crippen molar-refractivity contribution in [3.63, 3.8) is 0 Å². The Labute approximate surface area is 120 Å². The van der Waals surface area contributed by atoms with Gasteiger partial charge >= 0.3 is 0 Å². The average molecular weight is 346 g/mol. The van der Waals surface area contributed by atoms with Crippen LogP contribution in [0, 0.1) is 5.41 Å². The first-order valence-electron chi connectivity index (χ1n) is 5.82. The summed E-state index contributed by atoms with van der Waals surface area (Å²) in [6.07, 6.45) is -2.94. The number of aliphatic hydroxyl groups excluding tert-OH is 3. The summed E-state index contributed by atoms with van der Waals surface area (Å²) in [6, 6.07) is 0. The molecular formula is C10H12BrN5O4. The molecule has 0 radical (unpaired) electrons. The maximum atomic E-state index is 10.0. The molecule has 3 heterocycles. The second kappa shape index (κ2) is 4.90. The summed E-state index contributed by atoms with van der Waals surface area (Å²) in [6.45, 7) is -0.410. The molecule has 0 saturated carbocycles. The topological polar surface area (TPSA) is 140 Å². The molecule has 9 nitrogen and oxygen atoms in total. The lowest BCUT2D eigenvalue weighted by atomic mass is 10.1. The number of ether oxygens (including phenoxy) is 1. The van der Waals surface area contributed by atoms with E-state index in [4.69, 9.17) is 15.3 Å². The van der Waals surface area contributed by atoms with Crippen LogP contribution < -0.4 is 5.49 Å². The largest absolute Gasteiger partial charge is 0.394 e. The van der Waals surface area contributed by atoms with Gasteiger partial charge in [0.15, 0.2) is 22.1 Å². The van der Waals surface area contributed by atoms with Crippen molar-refractivity contribution in [2.45, 2.75) is 24.5 Å². The molecule has 0 aromatic carbocycles. The van der Waals surface area contributed by atoms with E-state index in [0.29, 0.717) is 15.9 Å². The third-order valence-corrected chi connectivity index (χ3v) is 3.62. The predicted octanol–water partition coefficient (Wildman–Crippen LogP) is -1.39. The second-order valence-corrected chi connectivity index (χ2v) is 5.21. The van der Waals surface area contributed by atoms with Crippen LogP contribution in [0.1, 0.15) is 6.23 Å². The van der Waals surface area contributed by atoms with E-state index >= 15 is 0 Å². The van der Waals surface area contributed by atoms with E-state index in [1.807, 2.05) is 0 Å². The molecule has 4 unspecified atom stereocenters. The van der Waals surface area contributed by atoms with Crippen LogP contribution in [0.3, 0.4) is 0 Å². The van der Waals surface area contributed by atoms with E-state index in [-0.39, 0.29) is 5.49 Å². The number of H-pyrrole nitrogens is 1. The van der Waals surface area contributed by atoms with Crippen LogP contribution in [0.25, 0.3) is 11.2 Å².